The van der Waals surface area contributed by atoms with E-state index in [0.717, 1.165) is 17.9 Å². The minimum Gasteiger partial charge on any atom is -0.384 e. The molecule has 0 saturated carbocycles. The number of benzene rings is 3. The van der Waals surface area contributed by atoms with Crippen LogP contribution in [0, 0.1) is 0 Å². The largest absolute Gasteiger partial charge is 0.384 e. The monoisotopic (exact) mass is 346 g/mol. The van der Waals surface area contributed by atoms with Gasteiger partial charge in [0.05, 0.1) is 0 Å². The van der Waals surface area contributed by atoms with Crippen LogP contribution in [0.2, 0.25) is 0 Å². The first-order chi connectivity index (χ1) is 12.9. The molecule has 0 atom stereocenters. The normalized spacial score (nSPS) is 9.81. The third kappa shape index (κ3) is 5.66. The van der Waals surface area contributed by atoms with Gasteiger partial charge in [0.15, 0.2) is 0 Å². The summed E-state index contributed by atoms with van der Waals surface area (Å²) in [6.45, 7) is 7.21. The van der Waals surface area contributed by atoms with Crippen LogP contribution in [0.5, 0.6) is 0 Å². The molecule has 0 spiro atoms. The van der Waals surface area contributed by atoms with Crippen LogP contribution < -0.4 is 10.6 Å². The Labute approximate surface area is 158 Å². The highest BCUT2D eigenvalue weighted by Gasteiger charge is 2.06. The van der Waals surface area contributed by atoms with E-state index in [1.54, 1.807) is 0 Å². The molecule has 0 fully saturated rings. The molecule has 2 nitrogen and oxygen atoms in total. The van der Waals surface area contributed by atoms with Gasteiger partial charge in [-0.05, 0) is 36.2 Å². The van der Waals surface area contributed by atoms with Crippen LogP contribution in [0.15, 0.2) is 78.9 Å². The van der Waals surface area contributed by atoms with Gasteiger partial charge in [-0.25, -0.2) is 0 Å². The van der Waals surface area contributed by atoms with Crippen molar-refractivity contribution in [3.8, 4) is 11.1 Å². The maximum Gasteiger partial charge on any atom is 0.0440 e. The summed E-state index contributed by atoms with van der Waals surface area (Å²) in [5.74, 6) is 0. The lowest BCUT2D eigenvalue weighted by Crippen LogP contribution is -2.03. The summed E-state index contributed by atoms with van der Waals surface area (Å²) >= 11 is 0. The predicted octanol–water partition coefficient (Wildman–Crippen LogP) is 7.34. The fourth-order valence-corrected chi connectivity index (χ4v) is 2.73. The van der Waals surface area contributed by atoms with Gasteiger partial charge in [0.2, 0.25) is 0 Å². The summed E-state index contributed by atoms with van der Waals surface area (Å²) < 4.78 is 0. The maximum absolute atomic E-state index is 3.60. The topological polar surface area (TPSA) is 24.1 Å². The van der Waals surface area contributed by atoms with Crippen molar-refractivity contribution >= 4 is 17.1 Å². The molecule has 2 heteroatoms. The van der Waals surface area contributed by atoms with Gasteiger partial charge < -0.3 is 10.6 Å². The zero-order valence-corrected chi connectivity index (χ0v) is 16.1. The zero-order chi connectivity index (χ0) is 18.6. The van der Waals surface area contributed by atoms with Crippen LogP contribution in [0.1, 0.15) is 33.6 Å². The molecule has 3 aromatic rings. The number of rotatable bonds is 7. The predicted molar refractivity (Wildman–Crippen MR) is 116 cm³/mol. The second kappa shape index (κ2) is 11.0. The smallest absolute Gasteiger partial charge is 0.0440 e. The van der Waals surface area contributed by atoms with E-state index in [-0.39, 0.29) is 0 Å². The SMILES string of the molecule is CC.CCCCNc1cc(Nc2ccccc2)ccc1-c1ccccc1. The summed E-state index contributed by atoms with van der Waals surface area (Å²) in [7, 11) is 0. The molecule has 0 amide bonds. The van der Waals surface area contributed by atoms with E-state index in [9.17, 15) is 0 Å². The van der Waals surface area contributed by atoms with Crippen molar-refractivity contribution in [2.24, 2.45) is 0 Å². The molecule has 0 saturated heterocycles. The zero-order valence-electron chi connectivity index (χ0n) is 16.1. The van der Waals surface area contributed by atoms with Gasteiger partial charge in [-0.2, -0.15) is 0 Å². The Hall–Kier alpha value is -2.74. The molecule has 0 unspecified atom stereocenters. The van der Waals surface area contributed by atoms with Crippen molar-refractivity contribution in [1.29, 1.82) is 0 Å². The van der Waals surface area contributed by atoms with Crippen LogP contribution in [-0.4, -0.2) is 6.54 Å². The molecule has 26 heavy (non-hydrogen) atoms. The van der Waals surface area contributed by atoms with E-state index in [1.165, 1.54) is 29.7 Å². The van der Waals surface area contributed by atoms with Gasteiger partial charge in [0.25, 0.3) is 0 Å². The fourth-order valence-electron chi connectivity index (χ4n) is 2.73. The summed E-state index contributed by atoms with van der Waals surface area (Å²) in [4.78, 5) is 0. The van der Waals surface area contributed by atoms with Gasteiger partial charge in [-0.1, -0.05) is 81.8 Å². The highest BCUT2D eigenvalue weighted by molar-refractivity contribution is 5.81. The summed E-state index contributed by atoms with van der Waals surface area (Å²) in [5, 5.41) is 7.07. The molecule has 0 bridgehead atoms. The standard InChI is InChI=1S/C22H24N2.C2H6/c1-2-3-16-23-22-17-20(24-19-12-8-5-9-13-19)14-15-21(22)18-10-6-4-7-11-18;1-2/h4-15,17,23-24H,2-3,16H2,1H3;1-2H3. The number of hydrogen-bond donors (Lipinski definition) is 2. The molecule has 136 valence electrons. The molecular weight excluding hydrogens is 316 g/mol. The average Bonchev–Trinajstić information content (AvgIpc) is 2.71. The number of nitrogens with one attached hydrogen (secondary N) is 2. The number of unbranched alkanes of at least 4 members (excludes halogenated alkanes) is 1. The van der Waals surface area contributed by atoms with Crippen LogP contribution in [0.4, 0.5) is 17.1 Å². The van der Waals surface area contributed by atoms with Crippen LogP contribution >= 0.6 is 0 Å². The number of anilines is 3. The lowest BCUT2D eigenvalue weighted by atomic mass is 10.0. The molecule has 0 heterocycles. The van der Waals surface area contributed by atoms with Gasteiger partial charge in [-0.3, -0.25) is 0 Å². The Bertz CT molecular complexity index is 752. The Morgan fingerprint density at radius 1 is 0.731 bits per heavy atom. The summed E-state index contributed by atoms with van der Waals surface area (Å²) in [5.41, 5.74) is 5.85. The van der Waals surface area contributed by atoms with Crippen LogP contribution in [0.3, 0.4) is 0 Å². The molecule has 3 rings (SSSR count). The highest BCUT2D eigenvalue weighted by Crippen LogP contribution is 2.31. The first-order valence-electron chi connectivity index (χ1n) is 9.62. The first kappa shape index (κ1) is 19.6. The highest BCUT2D eigenvalue weighted by atomic mass is 14.9. The van der Waals surface area contributed by atoms with Crippen molar-refractivity contribution in [3.63, 3.8) is 0 Å². The Morgan fingerprint density at radius 2 is 1.38 bits per heavy atom. The Kier molecular flexibility index (Phi) is 8.28. The Balaban J connectivity index is 0.00000117. The second-order valence-electron chi connectivity index (χ2n) is 5.90. The number of hydrogen-bond acceptors (Lipinski definition) is 2. The maximum atomic E-state index is 3.60. The van der Waals surface area contributed by atoms with E-state index >= 15 is 0 Å². The lowest BCUT2D eigenvalue weighted by Gasteiger charge is -2.15. The molecule has 0 radical (unpaired) electrons. The summed E-state index contributed by atoms with van der Waals surface area (Å²) in [6, 6.07) is 27.3. The molecule has 3 aromatic carbocycles. The summed E-state index contributed by atoms with van der Waals surface area (Å²) in [6.07, 6.45) is 2.36. The van der Waals surface area contributed by atoms with Crippen molar-refractivity contribution < 1.29 is 0 Å². The van der Waals surface area contributed by atoms with Crippen molar-refractivity contribution in [2.45, 2.75) is 33.6 Å². The van der Waals surface area contributed by atoms with E-state index in [4.69, 9.17) is 0 Å². The Morgan fingerprint density at radius 3 is 2.04 bits per heavy atom. The fraction of sp³-hybridized carbons (Fsp3) is 0.250. The molecule has 0 aromatic heterocycles. The van der Waals surface area contributed by atoms with Gasteiger partial charge in [0, 0.05) is 29.2 Å². The van der Waals surface area contributed by atoms with Crippen LogP contribution in [-0.2, 0) is 0 Å². The minimum absolute atomic E-state index is 0.991. The minimum atomic E-state index is 0.991. The number of para-hydroxylation sites is 1. The van der Waals surface area contributed by atoms with Crippen LogP contribution in [0.25, 0.3) is 11.1 Å². The molecule has 0 aliphatic rings. The second-order valence-corrected chi connectivity index (χ2v) is 5.90. The first-order valence-corrected chi connectivity index (χ1v) is 9.62. The van der Waals surface area contributed by atoms with Crippen molar-refractivity contribution in [3.05, 3.63) is 78.9 Å². The van der Waals surface area contributed by atoms with Crippen molar-refractivity contribution in [2.75, 3.05) is 17.2 Å². The quantitative estimate of drug-likeness (QED) is 0.437. The van der Waals surface area contributed by atoms with Gasteiger partial charge >= 0.3 is 0 Å². The van der Waals surface area contributed by atoms with E-state index in [0.29, 0.717) is 0 Å². The van der Waals surface area contributed by atoms with E-state index in [2.05, 4.69) is 78.2 Å². The molecular formula is C24H30N2. The van der Waals surface area contributed by atoms with E-state index < -0.39 is 0 Å². The van der Waals surface area contributed by atoms with Crippen molar-refractivity contribution in [1.82, 2.24) is 0 Å². The third-order valence-electron chi connectivity index (χ3n) is 4.01. The molecule has 2 N–H and O–H groups in total. The molecule has 0 aliphatic heterocycles. The lowest BCUT2D eigenvalue weighted by molar-refractivity contribution is 0.834. The van der Waals surface area contributed by atoms with Gasteiger partial charge in [0.1, 0.15) is 0 Å². The van der Waals surface area contributed by atoms with Gasteiger partial charge in [-0.15, -0.1) is 0 Å². The third-order valence-corrected chi connectivity index (χ3v) is 4.01. The van der Waals surface area contributed by atoms with E-state index in [1.807, 2.05) is 32.0 Å². The molecule has 0 aliphatic carbocycles. The average molecular weight is 347 g/mol.